The lowest BCUT2D eigenvalue weighted by atomic mass is 10.1. The largest absolute Gasteiger partial charge is 0.346 e. The van der Waals surface area contributed by atoms with Crippen molar-refractivity contribution >= 4 is 23.6 Å². The first-order chi connectivity index (χ1) is 10.1. The van der Waals surface area contributed by atoms with Crippen molar-refractivity contribution in [1.29, 1.82) is 0 Å². The van der Waals surface area contributed by atoms with Crippen LogP contribution in [0.15, 0.2) is 54.6 Å². The van der Waals surface area contributed by atoms with Crippen molar-refractivity contribution in [2.45, 2.75) is 13.0 Å². The Morgan fingerprint density at radius 1 is 1.19 bits per heavy atom. The van der Waals surface area contributed by atoms with Crippen LogP contribution in [-0.4, -0.2) is 5.91 Å². The number of carbonyl (C=O) groups excluding carboxylic acids is 1. The molecule has 0 radical (unpaired) electrons. The van der Waals surface area contributed by atoms with E-state index in [0.717, 1.165) is 11.1 Å². The normalized spacial score (nSPS) is 12.3. The molecular weight excluding hydrogens is 289 g/mol. The summed E-state index contributed by atoms with van der Waals surface area (Å²) in [6.07, 6.45) is 3.05. The second-order valence-corrected chi connectivity index (χ2v) is 5.04. The van der Waals surface area contributed by atoms with Crippen LogP contribution in [0.2, 0.25) is 5.02 Å². The molecule has 1 N–H and O–H groups in total. The Morgan fingerprint density at radius 3 is 2.52 bits per heavy atom. The quantitative estimate of drug-likeness (QED) is 0.835. The minimum atomic E-state index is -0.302. The van der Waals surface area contributed by atoms with Crippen molar-refractivity contribution in [2.75, 3.05) is 0 Å². The highest BCUT2D eigenvalue weighted by atomic mass is 35.5. The van der Waals surface area contributed by atoms with Gasteiger partial charge in [-0.3, -0.25) is 4.79 Å². The molecule has 2 aromatic rings. The number of hydrogen-bond donors (Lipinski definition) is 1. The fourth-order valence-corrected chi connectivity index (χ4v) is 2.21. The third kappa shape index (κ3) is 4.43. The lowest BCUT2D eigenvalue weighted by Gasteiger charge is -2.14. The first-order valence-corrected chi connectivity index (χ1v) is 6.92. The Kier molecular flexibility index (Phi) is 5.12. The van der Waals surface area contributed by atoms with Crippen LogP contribution < -0.4 is 5.32 Å². The summed E-state index contributed by atoms with van der Waals surface area (Å²) in [6.45, 7) is 1.87. The van der Waals surface area contributed by atoms with E-state index in [-0.39, 0.29) is 17.8 Å². The van der Waals surface area contributed by atoms with Gasteiger partial charge in [-0.1, -0.05) is 41.9 Å². The van der Waals surface area contributed by atoms with E-state index in [1.165, 1.54) is 18.2 Å². The summed E-state index contributed by atoms with van der Waals surface area (Å²) in [5, 5.41) is 3.45. The molecule has 0 aliphatic rings. The third-order valence-electron chi connectivity index (χ3n) is 3.03. The molecule has 0 fully saturated rings. The smallest absolute Gasteiger partial charge is 0.244 e. The van der Waals surface area contributed by atoms with Crippen LogP contribution in [-0.2, 0) is 4.79 Å². The van der Waals surface area contributed by atoms with Gasteiger partial charge in [0.25, 0.3) is 0 Å². The SMILES string of the molecule is CC(NC(=O)/C=C/c1ccc(F)cc1)c1ccccc1Cl. The summed E-state index contributed by atoms with van der Waals surface area (Å²) < 4.78 is 12.8. The first kappa shape index (κ1) is 15.3. The van der Waals surface area contributed by atoms with Gasteiger partial charge in [-0.2, -0.15) is 0 Å². The Morgan fingerprint density at radius 2 is 1.86 bits per heavy atom. The van der Waals surface area contributed by atoms with E-state index in [0.29, 0.717) is 5.02 Å². The second-order valence-electron chi connectivity index (χ2n) is 4.64. The minimum absolute atomic E-state index is 0.191. The molecule has 2 rings (SSSR count). The molecule has 21 heavy (non-hydrogen) atoms. The molecule has 0 saturated carbocycles. The van der Waals surface area contributed by atoms with E-state index >= 15 is 0 Å². The number of rotatable bonds is 4. The van der Waals surface area contributed by atoms with Gasteiger partial charge >= 0.3 is 0 Å². The molecule has 1 unspecified atom stereocenters. The van der Waals surface area contributed by atoms with Crippen LogP contribution in [0.4, 0.5) is 4.39 Å². The molecule has 0 aliphatic heterocycles. The van der Waals surface area contributed by atoms with Crippen LogP contribution in [0.1, 0.15) is 24.1 Å². The summed E-state index contributed by atoms with van der Waals surface area (Å²) in [5.41, 5.74) is 1.62. The number of nitrogens with one attached hydrogen (secondary N) is 1. The van der Waals surface area contributed by atoms with Crippen molar-refractivity contribution in [2.24, 2.45) is 0 Å². The van der Waals surface area contributed by atoms with Crippen LogP contribution >= 0.6 is 11.6 Å². The van der Waals surface area contributed by atoms with Gasteiger partial charge in [0, 0.05) is 11.1 Å². The predicted octanol–water partition coefficient (Wildman–Crippen LogP) is 4.37. The molecule has 0 aliphatic carbocycles. The zero-order valence-corrected chi connectivity index (χ0v) is 12.3. The summed E-state index contributed by atoms with van der Waals surface area (Å²) in [6, 6.07) is 13.1. The molecular formula is C17H15ClFNO. The van der Waals surface area contributed by atoms with Crippen LogP contribution in [0.3, 0.4) is 0 Å². The molecule has 2 nitrogen and oxygen atoms in total. The van der Waals surface area contributed by atoms with Gasteiger partial charge in [0.05, 0.1) is 6.04 Å². The average molecular weight is 304 g/mol. The van der Waals surface area contributed by atoms with E-state index in [1.807, 2.05) is 25.1 Å². The fraction of sp³-hybridized carbons (Fsp3) is 0.118. The second kappa shape index (κ2) is 7.04. The zero-order chi connectivity index (χ0) is 15.2. The highest BCUT2D eigenvalue weighted by Crippen LogP contribution is 2.22. The highest BCUT2D eigenvalue weighted by molar-refractivity contribution is 6.31. The van der Waals surface area contributed by atoms with Gasteiger partial charge < -0.3 is 5.32 Å². The summed E-state index contributed by atoms with van der Waals surface area (Å²) in [5.74, 6) is -0.532. The molecule has 0 saturated heterocycles. The van der Waals surface area contributed by atoms with Crippen LogP contribution in [0, 0.1) is 5.82 Å². The van der Waals surface area contributed by atoms with Crippen LogP contribution in [0.5, 0.6) is 0 Å². The van der Waals surface area contributed by atoms with E-state index < -0.39 is 0 Å². The molecule has 0 bridgehead atoms. The predicted molar refractivity (Wildman–Crippen MR) is 83.4 cm³/mol. The highest BCUT2D eigenvalue weighted by Gasteiger charge is 2.10. The average Bonchev–Trinajstić information content (AvgIpc) is 2.47. The van der Waals surface area contributed by atoms with Gasteiger partial charge in [-0.25, -0.2) is 4.39 Å². The Hall–Kier alpha value is -2.13. The van der Waals surface area contributed by atoms with E-state index in [2.05, 4.69) is 5.32 Å². The maximum Gasteiger partial charge on any atom is 0.244 e. The lowest BCUT2D eigenvalue weighted by Crippen LogP contribution is -2.24. The number of amides is 1. The number of carbonyl (C=O) groups is 1. The zero-order valence-electron chi connectivity index (χ0n) is 11.5. The minimum Gasteiger partial charge on any atom is -0.346 e. The number of halogens is 2. The Labute approximate surface area is 128 Å². The topological polar surface area (TPSA) is 29.1 Å². The maximum atomic E-state index is 12.8. The third-order valence-corrected chi connectivity index (χ3v) is 3.37. The fourth-order valence-electron chi connectivity index (χ4n) is 1.91. The molecule has 0 spiro atoms. The van der Waals surface area contributed by atoms with Gasteiger partial charge in [-0.05, 0) is 42.3 Å². The van der Waals surface area contributed by atoms with Gasteiger partial charge in [0.15, 0.2) is 0 Å². The van der Waals surface area contributed by atoms with Gasteiger partial charge in [0.2, 0.25) is 5.91 Å². The van der Waals surface area contributed by atoms with Crippen molar-refractivity contribution in [3.63, 3.8) is 0 Å². The van der Waals surface area contributed by atoms with Crippen molar-refractivity contribution < 1.29 is 9.18 Å². The molecule has 2 aromatic carbocycles. The molecule has 1 atom stereocenters. The van der Waals surface area contributed by atoms with Crippen LogP contribution in [0.25, 0.3) is 6.08 Å². The number of hydrogen-bond acceptors (Lipinski definition) is 1. The summed E-state index contributed by atoms with van der Waals surface area (Å²) in [4.78, 5) is 11.9. The molecule has 0 heterocycles. The summed E-state index contributed by atoms with van der Waals surface area (Å²) in [7, 11) is 0. The van der Waals surface area contributed by atoms with Gasteiger partial charge in [0.1, 0.15) is 5.82 Å². The molecule has 108 valence electrons. The Bertz CT molecular complexity index is 652. The first-order valence-electron chi connectivity index (χ1n) is 6.55. The van der Waals surface area contributed by atoms with E-state index in [9.17, 15) is 9.18 Å². The lowest BCUT2D eigenvalue weighted by molar-refractivity contribution is -0.117. The Balaban J connectivity index is 1.98. The standard InChI is InChI=1S/C17H15ClFNO/c1-12(15-4-2-3-5-16(15)18)20-17(21)11-8-13-6-9-14(19)10-7-13/h2-12H,1H3,(H,20,21)/b11-8+. The summed E-state index contributed by atoms with van der Waals surface area (Å²) >= 11 is 6.09. The molecule has 1 amide bonds. The van der Waals surface area contributed by atoms with Crippen molar-refractivity contribution in [3.05, 3.63) is 76.6 Å². The van der Waals surface area contributed by atoms with Crippen molar-refractivity contribution in [1.82, 2.24) is 5.32 Å². The van der Waals surface area contributed by atoms with Gasteiger partial charge in [-0.15, -0.1) is 0 Å². The maximum absolute atomic E-state index is 12.8. The molecule has 0 aromatic heterocycles. The van der Waals surface area contributed by atoms with Crippen molar-refractivity contribution in [3.8, 4) is 0 Å². The van der Waals surface area contributed by atoms with E-state index in [1.54, 1.807) is 24.3 Å². The monoisotopic (exact) mass is 303 g/mol. The molecule has 4 heteroatoms. The van der Waals surface area contributed by atoms with E-state index in [4.69, 9.17) is 11.6 Å². The number of benzene rings is 2.